The predicted molar refractivity (Wildman–Crippen MR) is 58.6 cm³/mol. The Morgan fingerprint density at radius 1 is 1.71 bits per heavy atom. The third-order valence-corrected chi connectivity index (χ3v) is 3.05. The third-order valence-electron chi connectivity index (χ3n) is 1.86. The third kappa shape index (κ3) is 3.18. The van der Waals surface area contributed by atoms with Gasteiger partial charge in [0.2, 0.25) is 0 Å². The topological polar surface area (TPSA) is 34.9 Å². The van der Waals surface area contributed by atoms with Crippen LogP contribution < -0.4 is 0 Å². The molecule has 0 aliphatic rings. The van der Waals surface area contributed by atoms with Gasteiger partial charge in [-0.3, -0.25) is 9.48 Å². The van der Waals surface area contributed by atoms with Gasteiger partial charge >= 0.3 is 0 Å². The van der Waals surface area contributed by atoms with E-state index in [1.54, 1.807) is 18.7 Å². The van der Waals surface area contributed by atoms with Crippen molar-refractivity contribution in [1.29, 1.82) is 0 Å². The van der Waals surface area contributed by atoms with Crippen molar-refractivity contribution in [3.05, 3.63) is 11.8 Å². The molecule has 1 heterocycles. The van der Waals surface area contributed by atoms with Gasteiger partial charge < -0.3 is 0 Å². The lowest BCUT2D eigenvalue weighted by Crippen LogP contribution is -2.04. The van der Waals surface area contributed by atoms with Gasteiger partial charge in [0.1, 0.15) is 5.78 Å². The number of hydrogen-bond acceptors (Lipinski definition) is 3. The van der Waals surface area contributed by atoms with Crippen molar-refractivity contribution < 1.29 is 4.79 Å². The average molecular weight is 212 g/mol. The second-order valence-corrected chi connectivity index (χ2v) is 5.04. The van der Waals surface area contributed by atoms with Crippen molar-refractivity contribution in [2.45, 2.75) is 37.5 Å². The van der Waals surface area contributed by atoms with E-state index in [9.17, 15) is 4.79 Å². The second-order valence-electron chi connectivity index (χ2n) is 3.58. The molecule has 1 atom stereocenters. The van der Waals surface area contributed by atoms with Crippen molar-refractivity contribution in [3.8, 4) is 0 Å². The number of aryl methyl sites for hydroxylation is 2. The highest BCUT2D eigenvalue weighted by Gasteiger charge is 2.10. The van der Waals surface area contributed by atoms with Crippen molar-refractivity contribution in [3.63, 3.8) is 0 Å². The minimum atomic E-state index is 0.240. The first kappa shape index (κ1) is 11.3. The van der Waals surface area contributed by atoms with E-state index >= 15 is 0 Å². The Bertz CT molecular complexity index is 333. The lowest BCUT2D eigenvalue weighted by atomic mass is 10.2. The standard InChI is InChI=1S/C10H16N2OS/c1-7-5-10(12(4)11-7)14-9(3)6-8(2)13/h5,9H,6H2,1-4H3. The van der Waals surface area contributed by atoms with Crippen LogP contribution in [0.1, 0.15) is 26.0 Å². The van der Waals surface area contributed by atoms with E-state index in [2.05, 4.69) is 12.0 Å². The van der Waals surface area contributed by atoms with Crippen LogP contribution in [0.3, 0.4) is 0 Å². The summed E-state index contributed by atoms with van der Waals surface area (Å²) in [6.07, 6.45) is 0.620. The first-order valence-corrected chi connectivity index (χ1v) is 5.53. The molecule has 3 nitrogen and oxygen atoms in total. The zero-order chi connectivity index (χ0) is 10.7. The maximum atomic E-state index is 10.9. The van der Waals surface area contributed by atoms with Crippen molar-refractivity contribution >= 4 is 17.5 Å². The van der Waals surface area contributed by atoms with Crippen LogP contribution in [0.5, 0.6) is 0 Å². The number of rotatable bonds is 4. The number of aromatic nitrogens is 2. The summed E-state index contributed by atoms with van der Waals surface area (Å²) in [5.41, 5.74) is 1.02. The molecule has 0 aliphatic heterocycles. The van der Waals surface area contributed by atoms with Crippen LogP contribution in [0.4, 0.5) is 0 Å². The molecule has 1 aromatic rings. The maximum Gasteiger partial charge on any atom is 0.130 e. The van der Waals surface area contributed by atoms with Gasteiger partial charge in [-0.1, -0.05) is 6.92 Å². The molecule has 1 unspecified atom stereocenters. The Morgan fingerprint density at radius 2 is 2.36 bits per heavy atom. The Kier molecular flexibility index (Phi) is 3.75. The van der Waals surface area contributed by atoms with Crippen molar-refractivity contribution in [1.82, 2.24) is 9.78 Å². The zero-order valence-electron chi connectivity index (χ0n) is 9.07. The molecule has 1 rings (SSSR count). The summed E-state index contributed by atoms with van der Waals surface area (Å²) in [7, 11) is 1.93. The fraction of sp³-hybridized carbons (Fsp3) is 0.600. The largest absolute Gasteiger partial charge is 0.300 e. The van der Waals surface area contributed by atoms with Gasteiger partial charge in [0.25, 0.3) is 0 Å². The number of carbonyl (C=O) groups excluding carboxylic acids is 1. The molecule has 0 radical (unpaired) electrons. The van der Waals surface area contributed by atoms with Crippen molar-refractivity contribution in [2.24, 2.45) is 7.05 Å². The van der Waals surface area contributed by atoms with E-state index in [0.29, 0.717) is 11.7 Å². The van der Waals surface area contributed by atoms with Crippen LogP contribution in [-0.2, 0) is 11.8 Å². The molecule has 0 N–H and O–H groups in total. The second kappa shape index (κ2) is 4.64. The van der Waals surface area contributed by atoms with E-state index in [4.69, 9.17) is 0 Å². The molecule has 0 saturated heterocycles. The van der Waals surface area contributed by atoms with Gasteiger partial charge in [-0.05, 0) is 19.9 Å². The number of hydrogen-bond donors (Lipinski definition) is 0. The van der Waals surface area contributed by atoms with E-state index < -0.39 is 0 Å². The van der Waals surface area contributed by atoms with Crippen LogP contribution >= 0.6 is 11.8 Å². The van der Waals surface area contributed by atoms with Crippen LogP contribution in [0, 0.1) is 6.92 Å². The average Bonchev–Trinajstić information content (AvgIpc) is 2.28. The first-order chi connectivity index (χ1) is 6.49. The monoisotopic (exact) mass is 212 g/mol. The minimum absolute atomic E-state index is 0.240. The predicted octanol–water partition coefficient (Wildman–Crippen LogP) is 2.19. The maximum absolute atomic E-state index is 10.9. The molecule has 0 aromatic carbocycles. The molecule has 0 bridgehead atoms. The highest BCUT2D eigenvalue weighted by atomic mass is 32.2. The molecule has 1 aromatic heterocycles. The van der Waals surface area contributed by atoms with Gasteiger partial charge in [-0.2, -0.15) is 5.10 Å². The first-order valence-electron chi connectivity index (χ1n) is 4.65. The normalized spacial score (nSPS) is 12.9. The van der Waals surface area contributed by atoms with E-state index in [1.165, 1.54) is 0 Å². The molecule has 0 aliphatic carbocycles. The van der Waals surface area contributed by atoms with E-state index in [0.717, 1.165) is 10.7 Å². The smallest absolute Gasteiger partial charge is 0.130 e. The molecule has 4 heteroatoms. The van der Waals surface area contributed by atoms with Gasteiger partial charge in [0.05, 0.1) is 10.7 Å². The Labute approximate surface area is 88.9 Å². The lowest BCUT2D eigenvalue weighted by molar-refractivity contribution is -0.116. The molecule has 78 valence electrons. The summed E-state index contributed by atoms with van der Waals surface area (Å²) >= 11 is 1.70. The molecule has 0 saturated carbocycles. The summed E-state index contributed by atoms with van der Waals surface area (Å²) in [4.78, 5) is 10.9. The van der Waals surface area contributed by atoms with Crippen LogP contribution in [0.25, 0.3) is 0 Å². The molecular formula is C10H16N2OS. The fourth-order valence-corrected chi connectivity index (χ4v) is 2.51. The van der Waals surface area contributed by atoms with Crippen LogP contribution in [-0.4, -0.2) is 20.8 Å². The summed E-state index contributed by atoms with van der Waals surface area (Å²) < 4.78 is 1.86. The molecule has 0 spiro atoms. The molecule has 14 heavy (non-hydrogen) atoms. The Hall–Kier alpha value is -0.770. The Morgan fingerprint density at radius 3 is 2.79 bits per heavy atom. The minimum Gasteiger partial charge on any atom is -0.300 e. The summed E-state index contributed by atoms with van der Waals surface area (Å²) in [5, 5.41) is 5.70. The van der Waals surface area contributed by atoms with Gasteiger partial charge in [-0.15, -0.1) is 11.8 Å². The number of carbonyl (C=O) groups is 1. The number of ketones is 1. The van der Waals surface area contributed by atoms with E-state index in [-0.39, 0.29) is 5.78 Å². The van der Waals surface area contributed by atoms with Gasteiger partial charge in [-0.25, -0.2) is 0 Å². The molecular weight excluding hydrogens is 196 g/mol. The molecule has 0 amide bonds. The van der Waals surface area contributed by atoms with Crippen LogP contribution in [0.15, 0.2) is 11.1 Å². The summed E-state index contributed by atoms with van der Waals surface area (Å²) in [5.74, 6) is 0.240. The fourth-order valence-electron chi connectivity index (χ4n) is 1.35. The Balaban J connectivity index is 2.59. The van der Waals surface area contributed by atoms with Crippen molar-refractivity contribution in [2.75, 3.05) is 0 Å². The van der Waals surface area contributed by atoms with E-state index in [1.807, 2.05) is 24.7 Å². The zero-order valence-corrected chi connectivity index (χ0v) is 9.89. The summed E-state index contributed by atoms with van der Waals surface area (Å²) in [6, 6.07) is 2.04. The van der Waals surface area contributed by atoms with Gasteiger partial charge in [0.15, 0.2) is 0 Å². The van der Waals surface area contributed by atoms with Crippen LogP contribution in [0.2, 0.25) is 0 Å². The highest BCUT2D eigenvalue weighted by Crippen LogP contribution is 2.25. The summed E-state index contributed by atoms with van der Waals surface area (Å²) in [6.45, 7) is 5.67. The molecule has 0 fully saturated rings. The number of Topliss-reactive ketones (excluding diaryl/α,β-unsaturated/α-hetero) is 1. The van der Waals surface area contributed by atoms with Gasteiger partial charge in [0, 0.05) is 18.7 Å². The quantitative estimate of drug-likeness (QED) is 0.718. The lowest BCUT2D eigenvalue weighted by Gasteiger charge is -2.08. The highest BCUT2D eigenvalue weighted by molar-refractivity contribution is 7.99. The SMILES string of the molecule is CC(=O)CC(C)Sc1cc(C)nn1C. The number of nitrogens with zero attached hydrogens (tertiary/aromatic N) is 2. The number of thioether (sulfide) groups is 1.